The molecule has 0 spiro atoms. The van der Waals surface area contributed by atoms with Crippen LogP contribution in [0.2, 0.25) is 5.02 Å². The van der Waals surface area contributed by atoms with E-state index in [1.54, 1.807) is 0 Å². The molecule has 0 fully saturated rings. The number of hydrogen-bond donors (Lipinski definition) is 1. The van der Waals surface area contributed by atoms with Crippen molar-refractivity contribution in [3.63, 3.8) is 0 Å². The summed E-state index contributed by atoms with van der Waals surface area (Å²) in [5.41, 5.74) is 6.54. The number of benzene rings is 1. The van der Waals surface area contributed by atoms with Gasteiger partial charge in [0.15, 0.2) is 0 Å². The fraction of sp³-hybridized carbons (Fsp3) is 0.300. The number of nitrogens with zero attached hydrogens (tertiary/aromatic N) is 2. The molecule has 0 unspecified atom stereocenters. The van der Waals surface area contributed by atoms with E-state index in [4.69, 9.17) is 17.3 Å². The molecule has 0 saturated heterocycles. The zero-order valence-corrected chi connectivity index (χ0v) is 11.1. The summed E-state index contributed by atoms with van der Waals surface area (Å²) in [7, 11) is -3.12. The van der Waals surface area contributed by atoms with E-state index in [1.165, 1.54) is 16.7 Å². The van der Waals surface area contributed by atoms with Crippen molar-refractivity contribution >= 4 is 38.4 Å². The van der Waals surface area contributed by atoms with E-state index in [2.05, 4.69) is 4.98 Å². The van der Waals surface area contributed by atoms with Crippen LogP contribution in [0.25, 0.3) is 11.0 Å². The fourth-order valence-electron chi connectivity index (χ4n) is 1.63. The Morgan fingerprint density at radius 2 is 2.17 bits per heavy atom. The van der Waals surface area contributed by atoms with Crippen LogP contribution in [0.5, 0.6) is 0 Å². The number of sulfone groups is 1. The second kappa shape index (κ2) is 4.40. The van der Waals surface area contributed by atoms with Gasteiger partial charge in [0.25, 0.3) is 0 Å². The minimum atomic E-state index is -3.12. The average molecular weight is 292 g/mol. The second-order valence-electron chi connectivity index (χ2n) is 4.01. The van der Waals surface area contributed by atoms with Crippen molar-refractivity contribution in [2.24, 2.45) is 0 Å². The topological polar surface area (TPSA) is 78.0 Å². The number of aromatic nitrogens is 2. The Labute approximate surface area is 108 Å². The van der Waals surface area contributed by atoms with E-state index in [0.29, 0.717) is 11.0 Å². The Morgan fingerprint density at radius 3 is 2.78 bits per heavy atom. The number of anilines is 1. The van der Waals surface area contributed by atoms with E-state index >= 15 is 0 Å². The quantitative estimate of drug-likeness (QED) is 0.928. The number of nitrogens with two attached hydrogens (primary N) is 1. The van der Waals surface area contributed by atoms with Gasteiger partial charge in [-0.2, -0.15) is 0 Å². The molecule has 0 saturated carbocycles. The Bertz CT molecular complexity index is 711. The molecule has 18 heavy (non-hydrogen) atoms. The van der Waals surface area contributed by atoms with Gasteiger partial charge in [-0.3, -0.25) is 0 Å². The number of halogens is 2. The first kappa shape index (κ1) is 13.1. The lowest BCUT2D eigenvalue weighted by molar-refractivity contribution is 0.596. The molecule has 2 rings (SSSR count). The van der Waals surface area contributed by atoms with Crippen molar-refractivity contribution < 1.29 is 12.8 Å². The van der Waals surface area contributed by atoms with Crippen LogP contribution in [0.4, 0.5) is 10.3 Å². The zero-order valence-electron chi connectivity index (χ0n) is 9.52. The van der Waals surface area contributed by atoms with Gasteiger partial charge in [-0.25, -0.2) is 17.8 Å². The Hall–Kier alpha value is -1.34. The van der Waals surface area contributed by atoms with Crippen LogP contribution in [0, 0.1) is 5.82 Å². The lowest BCUT2D eigenvalue weighted by Crippen LogP contribution is -2.13. The first-order chi connectivity index (χ1) is 8.28. The van der Waals surface area contributed by atoms with Crippen molar-refractivity contribution in [2.75, 3.05) is 17.7 Å². The Kier molecular flexibility index (Phi) is 3.20. The van der Waals surface area contributed by atoms with E-state index in [-0.39, 0.29) is 23.3 Å². The number of aryl methyl sites for hydroxylation is 1. The summed E-state index contributed by atoms with van der Waals surface area (Å²) in [4.78, 5) is 3.96. The number of rotatable bonds is 3. The molecule has 1 aromatic heterocycles. The molecule has 0 aliphatic heterocycles. The van der Waals surface area contributed by atoms with Gasteiger partial charge >= 0.3 is 0 Å². The Balaban J connectivity index is 2.50. The van der Waals surface area contributed by atoms with E-state index < -0.39 is 15.7 Å². The molecular formula is C10H11ClFN3O2S. The van der Waals surface area contributed by atoms with Gasteiger partial charge in [0.1, 0.15) is 15.7 Å². The lowest BCUT2D eigenvalue weighted by atomic mass is 10.3. The summed E-state index contributed by atoms with van der Waals surface area (Å²) < 4.78 is 37.0. The molecular weight excluding hydrogens is 281 g/mol. The van der Waals surface area contributed by atoms with Crippen molar-refractivity contribution in [2.45, 2.75) is 6.54 Å². The molecule has 2 N–H and O–H groups in total. The minimum absolute atomic E-state index is 0.0528. The van der Waals surface area contributed by atoms with Gasteiger partial charge < -0.3 is 10.3 Å². The molecule has 2 aromatic rings. The minimum Gasteiger partial charge on any atom is -0.369 e. The average Bonchev–Trinajstić information content (AvgIpc) is 2.51. The lowest BCUT2D eigenvalue weighted by Gasteiger charge is -2.05. The van der Waals surface area contributed by atoms with Crippen molar-refractivity contribution in [1.82, 2.24) is 9.55 Å². The van der Waals surface area contributed by atoms with Crippen LogP contribution in [-0.2, 0) is 16.4 Å². The first-order valence-corrected chi connectivity index (χ1v) is 7.50. The van der Waals surface area contributed by atoms with E-state index in [9.17, 15) is 12.8 Å². The maximum absolute atomic E-state index is 13.2. The molecule has 0 aliphatic carbocycles. The highest BCUT2D eigenvalue weighted by molar-refractivity contribution is 7.90. The monoisotopic (exact) mass is 291 g/mol. The van der Waals surface area contributed by atoms with E-state index in [1.807, 2.05) is 0 Å². The molecule has 1 heterocycles. The summed E-state index contributed by atoms with van der Waals surface area (Å²) in [6, 6.07) is 2.56. The standard InChI is InChI=1S/C10H11ClFN3O2S/c1-18(16,17)3-2-15-9-4-6(11)7(12)5-8(9)14-10(15)13/h4-5H,2-3H2,1H3,(H2,13,14). The van der Waals surface area contributed by atoms with Crippen molar-refractivity contribution in [3.05, 3.63) is 23.0 Å². The normalized spacial score (nSPS) is 12.2. The number of nitrogen functional groups attached to an aromatic ring is 1. The summed E-state index contributed by atoms with van der Waals surface area (Å²) >= 11 is 5.68. The predicted molar refractivity (Wildman–Crippen MR) is 68.8 cm³/mol. The summed E-state index contributed by atoms with van der Waals surface area (Å²) in [6.45, 7) is 0.156. The molecule has 5 nitrogen and oxygen atoms in total. The highest BCUT2D eigenvalue weighted by Crippen LogP contribution is 2.24. The van der Waals surface area contributed by atoms with Crippen LogP contribution >= 0.6 is 11.6 Å². The molecule has 0 aliphatic rings. The molecule has 0 radical (unpaired) electrons. The van der Waals surface area contributed by atoms with Crippen molar-refractivity contribution in [1.29, 1.82) is 0 Å². The molecule has 0 atom stereocenters. The molecule has 98 valence electrons. The van der Waals surface area contributed by atoms with Crippen LogP contribution in [0.15, 0.2) is 12.1 Å². The van der Waals surface area contributed by atoms with Crippen LogP contribution in [0.3, 0.4) is 0 Å². The van der Waals surface area contributed by atoms with Gasteiger partial charge in [0.05, 0.1) is 21.8 Å². The van der Waals surface area contributed by atoms with Crippen LogP contribution < -0.4 is 5.73 Å². The summed E-state index contributed by atoms with van der Waals surface area (Å²) in [5, 5.41) is -0.0528. The van der Waals surface area contributed by atoms with Gasteiger partial charge in [0.2, 0.25) is 5.95 Å². The maximum atomic E-state index is 13.2. The van der Waals surface area contributed by atoms with Crippen LogP contribution in [0.1, 0.15) is 0 Å². The van der Waals surface area contributed by atoms with Gasteiger partial charge in [-0.05, 0) is 6.07 Å². The molecule has 0 bridgehead atoms. The van der Waals surface area contributed by atoms with Gasteiger partial charge in [0, 0.05) is 18.9 Å². The SMILES string of the molecule is CS(=O)(=O)CCn1c(N)nc2cc(F)c(Cl)cc21. The number of imidazole rings is 1. The third-order valence-corrected chi connectivity index (χ3v) is 3.72. The zero-order chi connectivity index (χ0) is 13.5. The molecule has 1 aromatic carbocycles. The predicted octanol–water partition coefficient (Wildman–Crippen LogP) is 1.46. The third kappa shape index (κ3) is 2.56. The molecule has 8 heteroatoms. The van der Waals surface area contributed by atoms with E-state index in [0.717, 1.165) is 6.26 Å². The number of fused-ring (bicyclic) bond motifs is 1. The van der Waals surface area contributed by atoms with Crippen molar-refractivity contribution in [3.8, 4) is 0 Å². The number of hydrogen-bond acceptors (Lipinski definition) is 4. The fourth-order valence-corrected chi connectivity index (χ4v) is 2.30. The highest BCUT2D eigenvalue weighted by atomic mass is 35.5. The molecule has 0 amide bonds. The van der Waals surface area contributed by atoms with Gasteiger partial charge in [-0.1, -0.05) is 11.6 Å². The smallest absolute Gasteiger partial charge is 0.201 e. The summed E-state index contributed by atoms with van der Waals surface area (Å²) in [6.07, 6.45) is 1.13. The first-order valence-electron chi connectivity index (χ1n) is 5.06. The Morgan fingerprint density at radius 1 is 1.50 bits per heavy atom. The second-order valence-corrected chi connectivity index (χ2v) is 6.67. The van der Waals surface area contributed by atoms with Gasteiger partial charge in [-0.15, -0.1) is 0 Å². The highest BCUT2D eigenvalue weighted by Gasteiger charge is 2.13. The maximum Gasteiger partial charge on any atom is 0.201 e. The van der Waals surface area contributed by atoms with Crippen LogP contribution in [-0.4, -0.2) is 30.0 Å². The largest absolute Gasteiger partial charge is 0.369 e. The summed E-state index contributed by atoms with van der Waals surface area (Å²) in [5.74, 6) is -0.523. The third-order valence-electron chi connectivity index (χ3n) is 2.51.